The fourth-order valence-electron chi connectivity index (χ4n) is 3.65. The molecule has 2 aromatic carbocycles. The molecule has 1 heterocycles. The number of likely N-dealkylation sites (N-methyl/N-ethyl adjacent to an activating group) is 1. The van der Waals surface area contributed by atoms with Gasteiger partial charge in [-0.05, 0) is 58.3 Å². The Bertz CT molecular complexity index is 1050. The van der Waals surface area contributed by atoms with Crippen LogP contribution < -0.4 is 10.3 Å². The highest BCUT2D eigenvalue weighted by Crippen LogP contribution is 2.24. The highest BCUT2D eigenvalue weighted by Gasteiger charge is 2.18. The van der Waals surface area contributed by atoms with Crippen LogP contribution in [0.4, 0.5) is 0 Å². The van der Waals surface area contributed by atoms with E-state index in [-0.39, 0.29) is 5.56 Å². The number of rotatable bonds is 11. The molecule has 0 saturated carbocycles. The van der Waals surface area contributed by atoms with Crippen molar-refractivity contribution >= 4 is 10.9 Å². The van der Waals surface area contributed by atoms with Crippen molar-refractivity contribution in [3.8, 4) is 11.4 Å². The summed E-state index contributed by atoms with van der Waals surface area (Å²) >= 11 is 0. The van der Waals surface area contributed by atoms with E-state index in [1.165, 1.54) is 0 Å². The Hall–Kier alpha value is -2.70. The van der Waals surface area contributed by atoms with Crippen LogP contribution in [0, 0.1) is 0 Å². The lowest BCUT2D eigenvalue weighted by Crippen LogP contribution is -2.35. The lowest BCUT2D eigenvalue weighted by atomic mass is 10.2. The number of nitrogens with zero attached hydrogens (tertiary/aromatic N) is 4. The molecule has 6 heteroatoms. The topological polar surface area (TPSA) is 50.6 Å². The van der Waals surface area contributed by atoms with Crippen LogP contribution >= 0.6 is 0 Å². The maximum atomic E-state index is 13.6. The minimum Gasteiger partial charge on any atom is -0.492 e. The monoisotopic (exact) mass is 422 g/mol. The summed E-state index contributed by atoms with van der Waals surface area (Å²) in [6.07, 6.45) is 2.24. The van der Waals surface area contributed by atoms with E-state index in [2.05, 4.69) is 30.8 Å². The SMILES string of the molecule is CCCCN(CCN(C)C)Cc1nc2ccccc2c(=O)n1-c1ccccc1OCC. The van der Waals surface area contributed by atoms with Crippen molar-refractivity contribution in [2.45, 2.75) is 33.2 Å². The minimum absolute atomic E-state index is 0.0594. The van der Waals surface area contributed by atoms with Crippen molar-refractivity contribution in [3.63, 3.8) is 0 Å². The van der Waals surface area contributed by atoms with Crippen LogP contribution in [0.3, 0.4) is 0 Å². The largest absolute Gasteiger partial charge is 0.492 e. The molecule has 0 unspecified atom stereocenters. The standard InChI is InChI=1S/C25H34N4O2/c1-5-7-16-28(18-17-27(3)4)19-24-26-21-13-9-8-12-20(21)25(30)29(24)22-14-10-11-15-23(22)31-6-2/h8-15H,5-7,16-19H2,1-4H3. The molecular formula is C25H34N4O2. The van der Waals surface area contributed by atoms with Gasteiger partial charge in [0.1, 0.15) is 11.6 Å². The average molecular weight is 423 g/mol. The predicted octanol–water partition coefficient (Wildman–Crippen LogP) is 3.95. The molecule has 0 spiro atoms. The van der Waals surface area contributed by atoms with Crippen LogP contribution in [-0.2, 0) is 6.54 Å². The summed E-state index contributed by atoms with van der Waals surface area (Å²) in [4.78, 5) is 23.1. The molecule has 3 rings (SSSR count). The Morgan fingerprint density at radius 2 is 1.71 bits per heavy atom. The van der Waals surface area contributed by atoms with Gasteiger partial charge in [0.15, 0.2) is 0 Å². The zero-order valence-corrected chi connectivity index (χ0v) is 19.2. The van der Waals surface area contributed by atoms with E-state index in [0.717, 1.165) is 49.5 Å². The van der Waals surface area contributed by atoms with Gasteiger partial charge in [-0.2, -0.15) is 0 Å². The van der Waals surface area contributed by atoms with Crippen LogP contribution in [0.15, 0.2) is 53.3 Å². The summed E-state index contributed by atoms with van der Waals surface area (Å²) < 4.78 is 7.59. The van der Waals surface area contributed by atoms with Gasteiger partial charge < -0.3 is 9.64 Å². The van der Waals surface area contributed by atoms with E-state index in [9.17, 15) is 4.79 Å². The summed E-state index contributed by atoms with van der Waals surface area (Å²) in [5.41, 5.74) is 1.41. The van der Waals surface area contributed by atoms with Crippen LogP contribution in [0.1, 0.15) is 32.5 Å². The number of fused-ring (bicyclic) bond motifs is 1. The van der Waals surface area contributed by atoms with Gasteiger partial charge in [-0.25, -0.2) is 4.98 Å². The van der Waals surface area contributed by atoms with Crippen LogP contribution in [-0.4, -0.2) is 59.7 Å². The summed E-state index contributed by atoms with van der Waals surface area (Å²) in [6, 6.07) is 15.3. The van der Waals surface area contributed by atoms with Gasteiger partial charge in [0.05, 0.1) is 29.7 Å². The third-order valence-electron chi connectivity index (χ3n) is 5.31. The molecule has 0 aliphatic carbocycles. The molecule has 3 aromatic rings. The van der Waals surface area contributed by atoms with Gasteiger partial charge in [0, 0.05) is 13.1 Å². The molecular weight excluding hydrogens is 388 g/mol. The lowest BCUT2D eigenvalue weighted by Gasteiger charge is -2.25. The minimum atomic E-state index is -0.0594. The highest BCUT2D eigenvalue weighted by atomic mass is 16.5. The Balaban J connectivity index is 2.13. The quantitative estimate of drug-likeness (QED) is 0.468. The third-order valence-corrected chi connectivity index (χ3v) is 5.31. The van der Waals surface area contributed by atoms with Gasteiger partial charge in [0.2, 0.25) is 0 Å². The maximum Gasteiger partial charge on any atom is 0.266 e. The van der Waals surface area contributed by atoms with Crippen molar-refractivity contribution < 1.29 is 4.74 Å². The van der Waals surface area contributed by atoms with Crippen molar-refractivity contribution in [1.82, 2.24) is 19.4 Å². The van der Waals surface area contributed by atoms with E-state index in [0.29, 0.717) is 24.3 Å². The molecule has 6 nitrogen and oxygen atoms in total. The first-order valence-electron chi connectivity index (χ1n) is 11.1. The normalized spacial score (nSPS) is 11.5. The fourth-order valence-corrected chi connectivity index (χ4v) is 3.65. The van der Waals surface area contributed by atoms with Gasteiger partial charge in [0.25, 0.3) is 5.56 Å². The molecule has 0 aliphatic heterocycles. The summed E-state index contributed by atoms with van der Waals surface area (Å²) in [7, 11) is 4.17. The van der Waals surface area contributed by atoms with Gasteiger partial charge in [-0.15, -0.1) is 0 Å². The molecule has 0 bridgehead atoms. The van der Waals surface area contributed by atoms with E-state index in [1.807, 2.05) is 55.5 Å². The van der Waals surface area contributed by atoms with Gasteiger partial charge >= 0.3 is 0 Å². The van der Waals surface area contributed by atoms with Crippen molar-refractivity contribution in [3.05, 3.63) is 64.7 Å². The van der Waals surface area contributed by atoms with Crippen molar-refractivity contribution in [2.24, 2.45) is 0 Å². The molecule has 0 amide bonds. The molecule has 0 aliphatic rings. The highest BCUT2D eigenvalue weighted by molar-refractivity contribution is 5.78. The first-order chi connectivity index (χ1) is 15.0. The van der Waals surface area contributed by atoms with Crippen LogP contribution in [0.25, 0.3) is 16.6 Å². The Kier molecular flexibility index (Phi) is 8.20. The number of unbranched alkanes of at least 4 members (excludes halogenated alkanes) is 1. The second-order valence-corrected chi connectivity index (χ2v) is 8.02. The van der Waals surface area contributed by atoms with Gasteiger partial charge in [-0.1, -0.05) is 37.6 Å². The smallest absolute Gasteiger partial charge is 0.266 e. The molecule has 0 radical (unpaired) electrons. The zero-order valence-electron chi connectivity index (χ0n) is 19.2. The Morgan fingerprint density at radius 3 is 2.45 bits per heavy atom. The number of aromatic nitrogens is 2. The summed E-state index contributed by atoms with van der Waals surface area (Å²) in [6.45, 7) is 8.14. The van der Waals surface area contributed by atoms with E-state index >= 15 is 0 Å². The van der Waals surface area contributed by atoms with Crippen LogP contribution in [0.2, 0.25) is 0 Å². The molecule has 0 saturated heterocycles. The second-order valence-electron chi connectivity index (χ2n) is 8.02. The molecule has 0 atom stereocenters. The lowest BCUT2D eigenvalue weighted by molar-refractivity contribution is 0.224. The molecule has 166 valence electrons. The third kappa shape index (κ3) is 5.71. The van der Waals surface area contributed by atoms with E-state index in [1.54, 1.807) is 4.57 Å². The number of benzene rings is 2. The number of hydrogen-bond donors (Lipinski definition) is 0. The maximum absolute atomic E-state index is 13.6. The van der Waals surface area contributed by atoms with Gasteiger partial charge in [-0.3, -0.25) is 14.3 Å². The Labute approximate surface area is 185 Å². The second kappa shape index (κ2) is 11.1. The average Bonchev–Trinajstić information content (AvgIpc) is 2.77. The molecule has 0 N–H and O–H groups in total. The summed E-state index contributed by atoms with van der Waals surface area (Å²) in [5.74, 6) is 1.43. The molecule has 0 fully saturated rings. The fraction of sp³-hybridized carbons (Fsp3) is 0.440. The zero-order chi connectivity index (χ0) is 22.2. The summed E-state index contributed by atoms with van der Waals surface area (Å²) in [5, 5.41) is 0.617. The number of ether oxygens (including phenoxy) is 1. The first-order valence-corrected chi connectivity index (χ1v) is 11.1. The predicted molar refractivity (Wildman–Crippen MR) is 127 cm³/mol. The van der Waals surface area contributed by atoms with E-state index < -0.39 is 0 Å². The number of hydrogen-bond acceptors (Lipinski definition) is 5. The first kappa shape index (κ1) is 23.0. The molecule has 31 heavy (non-hydrogen) atoms. The number of para-hydroxylation sites is 3. The van der Waals surface area contributed by atoms with Crippen LogP contribution in [0.5, 0.6) is 5.75 Å². The van der Waals surface area contributed by atoms with E-state index in [4.69, 9.17) is 9.72 Å². The van der Waals surface area contributed by atoms with Crippen molar-refractivity contribution in [1.29, 1.82) is 0 Å². The van der Waals surface area contributed by atoms with Crippen molar-refractivity contribution in [2.75, 3.05) is 40.3 Å². The molecule has 1 aromatic heterocycles. The Morgan fingerprint density at radius 1 is 0.968 bits per heavy atom.